The Labute approximate surface area is 145 Å². The molecule has 2 saturated heterocycles. The molecule has 4 unspecified atom stereocenters. The Kier molecular flexibility index (Phi) is 3.48. The number of hydrogen-bond donors (Lipinski definition) is 1. The normalized spacial score (nSPS) is 47.3. The molecule has 0 amide bonds. The Morgan fingerprint density at radius 3 is 2.60 bits per heavy atom. The maximum Gasteiger partial charge on any atom is 0.346 e. The van der Waals surface area contributed by atoms with E-state index in [9.17, 15) is 19.5 Å². The van der Waals surface area contributed by atoms with Gasteiger partial charge in [-0.15, -0.1) is 0 Å². The molecule has 3 heterocycles. The van der Waals surface area contributed by atoms with E-state index in [4.69, 9.17) is 9.47 Å². The van der Waals surface area contributed by atoms with Crippen molar-refractivity contribution in [1.29, 1.82) is 0 Å². The van der Waals surface area contributed by atoms with Gasteiger partial charge in [0, 0.05) is 18.3 Å². The first-order chi connectivity index (χ1) is 11.8. The summed E-state index contributed by atoms with van der Waals surface area (Å²) in [7, 11) is 0. The highest BCUT2D eigenvalue weighted by molar-refractivity contribution is 6.20. The van der Waals surface area contributed by atoms with E-state index < -0.39 is 35.6 Å². The van der Waals surface area contributed by atoms with Crippen molar-refractivity contribution < 1.29 is 29.0 Å². The number of rotatable bonds is 0. The molecule has 0 aromatic heterocycles. The van der Waals surface area contributed by atoms with Crippen molar-refractivity contribution in [3.63, 3.8) is 0 Å². The van der Waals surface area contributed by atoms with Gasteiger partial charge in [0.2, 0.25) is 0 Å². The standard InChI is InChI=1S/C19H22O6/c1-8-6-9(2)14(21)13-17-19(25-18(13)23)7-10(3)16(24-17)15(22)11(19)4-5-12(8)20/h4-5,8-11,15-16,22H,6-7H2,1-3H3/b5-4+/t8-,9+,10?,11?,15?,16?,19+/m0/s1. The van der Waals surface area contributed by atoms with Crippen molar-refractivity contribution >= 4 is 17.5 Å². The van der Waals surface area contributed by atoms with Crippen LogP contribution in [0, 0.1) is 23.7 Å². The van der Waals surface area contributed by atoms with E-state index in [0.29, 0.717) is 12.8 Å². The van der Waals surface area contributed by atoms with E-state index in [1.165, 1.54) is 6.08 Å². The average molecular weight is 346 g/mol. The zero-order valence-corrected chi connectivity index (χ0v) is 14.5. The number of aliphatic hydroxyl groups excluding tert-OH is 1. The Morgan fingerprint density at radius 2 is 1.88 bits per heavy atom. The number of fused-ring (bicyclic) bond motifs is 1. The zero-order chi connectivity index (χ0) is 18.1. The number of ketones is 2. The number of allylic oxidation sites excluding steroid dienone is 1. The van der Waals surface area contributed by atoms with Crippen molar-refractivity contribution in [3.05, 3.63) is 23.5 Å². The van der Waals surface area contributed by atoms with Gasteiger partial charge in [-0.2, -0.15) is 0 Å². The third kappa shape index (κ3) is 2.09. The molecule has 1 saturated carbocycles. The molecule has 0 aromatic rings. The molecule has 3 fully saturated rings. The maximum atomic E-state index is 12.9. The second-order valence-electron chi connectivity index (χ2n) is 7.93. The average Bonchev–Trinajstić information content (AvgIpc) is 2.83. The number of carbonyl (C=O) groups excluding carboxylic acids is 3. The van der Waals surface area contributed by atoms with Crippen LogP contribution in [0.25, 0.3) is 0 Å². The molecule has 3 aliphatic heterocycles. The smallest absolute Gasteiger partial charge is 0.346 e. The van der Waals surface area contributed by atoms with E-state index in [0.717, 1.165) is 0 Å². The summed E-state index contributed by atoms with van der Waals surface area (Å²) >= 11 is 0. The first-order valence-electron chi connectivity index (χ1n) is 8.85. The minimum Gasteiger partial charge on any atom is -0.486 e. The van der Waals surface area contributed by atoms with Gasteiger partial charge < -0.3 is 14.6 Å². The van der Waals surface area contributed by atoms with Gasteiger partial charge in [-0.3, -0.25) is 9.59 Å². The van der Waals surface area contributed by atoms with Crippen LogP contribution in [0.5, 0.6) is 0 Å². The highest BCUT2D eigenvalue weighted by Crippen LogP contribution is 2.56. The first kappa shape index (κ1) is 16.5. The Bertz CT molecular complexity index is 734. The Hall–Kier alpha value is -1.95. The summed E-state index contributed by atoms with van der Waals surface area (Å²) < 4.78 is 11.6. The zero-order valence-electron chi connectivity index (χ0n) is 14.5. The quantitative estimate of drug-likeness (QED) is 0.526. The van der Waals surface area contributed by atoms with Gasteiger partial charge in [-0.25, -0.2) is 4.79 Å². The van der Waals surface area contributed by atoms with Gasteiger partial charge in [0.05, 0.1) is 5.92 Å². The van der Waals surface area contributed by atoms with E-state index in [-0.39, 0.29) is 34.7 Å². The van der Waals surface area contributed by atoms with Gasteiger partial charge in [-0.1, -0.05) is 26.8 Å². The summed E-state index contributed by atoms with van der Waals surface area (Å²) in [6.45, 7) is 5.41. The van der Waals surface area contributed by atoms with Crippen LogP contribution in [-0.2, 0) is 23.9 Å². The van der Waals surface area contributed by atoms with Crippen LogP contribution in [0.4, 0.5) is 0 Å². The van der Waals surface area contributed by atoms with Gasteiger partial charge in [0.1, 0.15) is 17.8 Å². The predicted molar refractivity (Wildman–Crippen MR) is 86.1 cm³/mol. The molecule has 2 aliphatic carbocycles. The van der Waals surface area contributed by atoms with E-state index in [2.05, 4.69) is 0 Å². The Balaban J connectivity index is 1.93. The highest BCUT2D eigenvalue weighted by atomic mass is 16.6. The lowest BCUT2D eigenvalue weighted by Gasteiger charge is -2.54. The summed E-state index contributed by atoms with van der Waals surface area (Å²) in [6, 6.07) is 0. The fourth-order valence-corrected chi connectivity index (χ4v) is 4.79. The van der Waals surface area contributed by atoms with Gasteiger partial charge in [0.15, 0.2) is 22.9 Å². The highest BCUT2D eigenvalue weighted by Gasteiger charge is 2.67. The fraction of sp³-hybridized carbons (Fsp3) is 0.632. The lowest BCUT2D eigenvalue weighted by atomic mass is 9.64. The third-order valence-electron chi connectivity index (χ3n) is 6.13. The molecule has 6 nitrogen and oxygen atoms in total. The molecule has 1 N–H and O–H groups in total. The molecule has 0 aromatic carbocycles. The number of ether oxygens (including phenoxy) is 2. The summed E-state index contributed by atoms with van der Waals surface area (Å²) in [5.74, 6) is -2.27. The number of carbonyl (C=O) groups is 3. The maximum absolute atomic E-state index is 12.9. The number of Topliss-reactive ketones (excluding diaryl/α,β-unsaturated/α-hetero) is 1. The second-order valence-corrected chi connectivity index (χ2v) is 7.93. The van der Waals surface area contributed by atoms with E-state index in [1.807, 2.05) is 6.92 Å². The van der Waals surface area contributed by atoms with Crippen LogP contribution >= 0.6 is 0 Å². The molecule has 6 heteroatoms. The van der Waals surface area contributed by atoms with Crippen LogP contribution in [0.15, 0.2) is 23.5 Å². The molecular weight excluding hydrogens is 324 g/mol. The van der Waals surface area contributed by atoms with Crippen molar-refractivity contribution in [1.82, 2.24) is 0 Å². The first-order valence-corrected chi connectivity index (χ1v) is 8.85. The molecule has 134 valence electrons. The molecule has 5 aliphatic rings. The molecule has 0 radical (unpaired) electrons. The lowest BCUT2D eigenvalue weighted by Crippen LogP contribution is -2.63. The van der Waals surface area contributed by atoms with Crippen molar-refractivity contribution in [2.75, 3.05) is 0 Å². The van der Waals surface area contributed by atoms with Crippen molar-refractivity contribution in [2.24, 2.45) is 23.7 Å². The fourth-order valence-electron chi connectivity index (χ4n) is 4.79. The molecule has 5 rings (SSSR count). The molecular formula is C19H22O6. The van der Waals surface area contributed by atoms with Crippen LogP contribution in [-0.4, -0.2) is 40.5 Å². The Morgan fingerprint density at radius 1 is 1.16 bits per heavy atom. The molecule has 25 heavy (non-hydrogen) atoms. The van der Waals surface area contributed by atoms with Crippen LogP contribution < -0.4 is 0 Å². The largest absolute Gasteiger partial charge is 0.486 e. The van der Waals surface area contributed by atoms with Gasteiger partial charge in [0.25, 0.3) is 0 Å². The summed E-state index contributed by atoms with van der Waals surface area (Å²) in [4.78, 5) is 37.8. The minimum atomic E-state index is -1.18. The van der Waals surface area contributed by atoms with Gasteiger partial charge >= 0.3 is 5.97 Å². The monoisotopic (exact) mass is 346 g/mol. The number of esters is 1. The number of aliphatic hydroxyl groups is 1. The van der Waals surface area contributed by atoms with Crippen molar-refractivity contribution in [2.45, 2.75) is 51.4 Å². The van der Waals surface area contributed by atoms with Crippen molar-refractivity contribution in [3.8, 4) is 0 Å². The summed E-state index contributed by atoms with van der Waals surface area (Å²) in [5.41, 5.74) is -1.21. The minimum absolute atomic E-state index is 0.0252. The predicted octanol–water partition coefficient (Wildman–Crippen LogP) is 1.32. The van der Waals surface area contributed by atoms with Crippen LogP contribution in [0.1, 0.15) is 33.6 Å². The third-order valence-corrected chi connectivity index (χ3v) is 6.13. The summed E-state index contributed by atoms with van der Waals surface area (Å²) in [6.07, 6.45) is 2.51. The van der Waals surface area contributed by atoms with E-state index >= 15 is 0 Å². The SMILES string of the molecule is CC1C[C@]23OC(=O)C4=C2OC1C(O)C3/C=C/C(=O)[C@@H](C)C[C@@H](C)C4=O. The van der Waals surface area contributed by atoms with E-state index in [1.54, 1.807) is 19.9 Å². The molecule has 5 bridgehead atoms. The molecule has 7 atom stereocenters. The van der Waals surface area contributed by atoms with Gasteiger partial charge in [-0.05, 0) is 18.4 Å². The molecule has 1 spiro atoms. The van der Waals surface area contributed by atoms with Crippen LogP contribution in [0.3, 0.4) is 0 Å². The number of hydrogen-bond acceptors (Lipinski definition) is 6. The lowest BCUT2D eigenvalue weighted by molar-refractivity contribution is -0.220. The van der Waals surface area contributed by atoms with Crippen LogP contribution in [0.2, 0.25) is 0 Å². The second kappa shape index (κ2) is 5.27. The topological polar surface area (TPSA) is 89.9 Å². The summed E-state index contributed by atoms with van der Waals surface area (Å²) in [5, 5.41) is 10.7.